The van der Waals surface area contributed by atoms with Gasteiger partial charge in [0.1, 0.15) is 5.76 Å². The summed E-state index contributed by atoms with van der Waals surface area (Å²) >= 11 is 0. The standard InChI is InChI=1S/C17H20N2O3/c1-11(16-5-4-10-22-16)18-12(2)17(21)19-15-8-6-14(7-9-15)13(3)20/h4-12,18H,1-3H3,(H,19,21)/t11-,12-/m0/s1. The van der Waals surface area contributed by atoms with Crippen LogP contribution in [0.3, 0.4) is 0 Å². The van der Waals surface area contributed by atoms with Gasteiger partial charge in [-0.1, -0.05) is 0 Å². The van der Waals surface area contributed by atoms with Gasteiger partial charge in [-0.3, -0.25) is 14.9 Å². The molecule has 0 spiro atoms. The van der Waals surface area contributed by atoms with Crippen LogP contribution in [0.2, 0.25) is 0 Å². The molecule has 1 aromatic carbocycles. The molecule has 1 amide bonds. The summed E-state index contributed by atoms with van der Waals surface area (Å²) in [5, 5.41) is 5.99. The number of carbonyl (C=O) groups is 2. The van der Waals surface area contributed by atoms with Gasteiger partial charge in [0, 0.05) is 11.3 Å². The van der Waals surface area contributed by atoms with E-state index >= 15 is 0 Å². The molecule has 0 radical (unpaired) electrons. The summed E-state index contributed by atoms with van der Waals surface area (Å²) < 4.78 is 5.30. The van der Waals surface area contributed by atoms with Crippen molar-refractivity contribution >= 4 is 17.4 Å². The van der Waals surface area contributed by atoms with Gasteiger partial charge in [-0.2, -0.15) is 0 Å². The van der Waals surface area contributed by atoms with E-state index in [2.05, 4.69) is 10.6 Å². The summed E-state index contributed by atoms with van der Waals surface area (Å²) in [6.45, 7) is 5.23. The van der Waals surface area contributed by atoms with E-state index in [9.17, 15) is 9.59 Å². The van der Waals surface area contributed by atoms with Crippen molar-refractivity contribution in [1.29, 1.82) is 0 Å². The molecule has 22 heavy (non-hydrogen) atoms. The molecule has 0 saturated heterocycles. The number of nitrogens with one attached hydrogen (secondary N) is 2. The van der Waals surface area contributed by atoms with Crippen molar-refractivity contribution in [3.8, 4) is 0 Å². The third-order valence-electron chi connectivity index (χ3n) is 3.42. The smallest absolute Gasteiger partial charge is 0.241 e. The minimum Gasteiger partial charge on any atom is -0.468 e. The van der Waals surface area contributed by atoms with Crippen LogP contribution in [0, 0.1) is 0 Å². The number of ketones is 1. The van der Waals surface area contributed by atoms with E-state index in [1.165, 1.54) is 6.92 Å². The fourth-order valence-electron chi connectivity index (χ4n) is 2.11. The van der Waals surface area contributed by atoms with Crippen LogP contribution in [0.15, 0.2) is 47.1 Å². The fraction of sp³-hybridized carbons (Fsp3) is 0.294. The van der Waals surface area contributed by atoms with Gasteiger partial charge in [0.05, 0.1) is 18.3 Å². The lowest BCUT2D eigenvalue weighted by Gasteiger charge is -2.18. The minimum absolute atomic E-state index is 0.000170. The highest BCUT2D eigenvalue weighted by molar-refractivity contribution is 5.96. The van der Waals surface area contributed by atoms with Crippen LogP contribution < -0.4 is 10.6 Å². The molecule has 0 saturated carbocycles. The molecule has 116 valence electrons. The molecule has 0 aliphatic rings. The van der Waals surface area contributed by atoms with Gasteiger partial charge >= 0.3 is 0 Å². The normalized spacial score (nSPS) is 13.4. The third-order valence-corrected chi connectivity index (χ3v) is 3.42. The molecule has 2 N–H and O–H groups in total. The molecule has 0 bridgehead atoms. The molecule has 0 aliphatic heterocycles. The van der Waals surface area contributed by atoms with Crippen molar-refractivity contribution < 1.29 is 14.0 Å². The maximum absolute atomic E-state index is 12.2. The number of hydrogen-bond donors (Lipinski definition) is 2. The summed E-state index contributed by atoms with van der Waals surface area (Å²) in [5.74, 6) is 0.639. The number of carbonyl (C=O) groups excluding carboxylic acids is 2. The lowest BCUT2D eigenvalue weighted by molar-refractivity contribution is -0.118. The third kappa shape index (κ3) is 4.05. The van der Waals surface area contributed by atoms with E-state index in [0.29, 0.717) is 11.3 Å². The molecule has 5 heteroatoms. The van der Waals surface area contributed by atoms with E-state index in [-0.39, 0.29) is 23.8 Å². The number of amides is 1. The monoisotopic (exact) mass is 300 g/mol. The number of hydrogen-bond acceptors (Lipinski definition) is 4. The van der Waals surface area contributed by atoms with Crippen molar-refractivity contribution in [2.75, 3.05) is 5.32 Å². The lowest BCUT2D eigenvalue weighted by atomic mass is 10.1. The number of furan rings is 1. The van der Waals surface area contributed by atoms with Gasteiger partial charge in [0.25, 0.3) is 0 Å². The van der Waals surface area contributed by atoms with Crippen LogP contribution in [0.4, 0.5) is 5.69 Å². The van der Waals surface area contributed by atoms with Crippen LogP contribution in [0.1, 0.15) is 42.9 Å². The average molecular weight is 300 g/mol. The van der Waals surface area contributed by atoms with Gasteiger partial charge in [0.15, 0.2) is 5.78 Å². The zero-order valence-corrected chi connectivity index (χ0v) is 12.9. The maximum Gasteiger partial charge on any atom is 0.241 e. The second-order valence-corrected chi connectivity index (χ2v) is 5.25. The van der Waals surface area contributed by atoms with Crippen LogP contribution in [-0.2, 0) is 4.79 Å². The van der Waals surface area contributed by atoms with E-state index in [1.807, 2.05) is 19.1 Å². The molecule has 0 unspecified atom stereocenters. The van der Waals surface area contributed by atoms with E-state index in [0.717, 1.165) is 5.76 Å². The minimum atomic E-state index is -0.382. The summed E-state index contributed by atoms with van der Waals surface area (Å²) in [7, 11) is 0. The SMILES string of the molecule is CC(=O)c1ccc(NC(=O)[C@H](C)N[C@@H](C)c2ccco2)cc1. The van der Waals surface area contributed by atoms with E-state index in [4.69, 9.17) is 4.42 Å². The molecule has 5 nitrogen and oxygen atoms in total. The maximum atomic E-state index is 12.2. The zero-order chi connectivity index (χ0) is 16.1. The fourth-order valence-corrected chi connectivity index (χ4v) is 2.11. The van der Waals surface area contributed by atoms with Crippen LogP contribution in [-0.4, -0.2) is 17.7 Å². The Morgan fingerprint density at radius 2 is 1.77 bits per heavy atom. The Balaban J connectivity index is 1.92. The number of Topliss-reactive ketones (excluding diaryl/α,β-unsaturated/α-hetero) is 1. The highest BCUT2D eigenvalue weighted by Crippen LogP contribution is 2.14. The molecule has 2 aromatic rings. The predicted octanol–water partition coefficient (Wildman–Crippen LogP) is 3.16. The van der Waals surface area contributed by atoms with Gasteiger partial charge in [-0.25, -0.2) is 0 Å². The Labute approximate surface area is 129 Å². The summed E-state index contributed by atoms with van der Waals surface area (Å²) in [4.78, 5) is 23.4. The zero-order valence-electron chi connectivity index (χ0n) is 12.9. The molecule has 2 rings (SSSR count). The summed E-state index contributed by atoms with van der Waals surface area (Å²) in [5.41, 5.74) is 1.28. The van der Waals surface area contributed by atoms with Crippen molar-refractivity contribution in [1.82, 2.24) is 5.32 Å². The van der Waals surface area contributed by atoms with Gasteiger partial charge in [0.2, 0.25) is 5.91 Å². The van der Waals surface area contributed by atoms with Crippen LogP contribution in [0.5, 0.6) is 0 Å². The van der Waals surface area contributed by atoms with Crippen molar-refractivity contribution in [3.63, 3.8) is 0 Å². The Bertz CT molecular complexity index is 632. The highest BCUT2D eigenvalue weighted by atomic mass is 16.3. The average Bonchev–Trinajstić information content (AvgIpc) is 3.02. The second kappa shape index (κ2) is 7.04. The largest absolute Gasteiger partial charge is 0.468 e. The Morgan fingerprint density at radius 1 is 1.09 bits per heavy atom. The molecule has 2 atom stereocenters. The van der Waals surface area contributed by atoms with Crippen molar-refractivity contribution in [2.24, 2.45) is 0 Å². The first-order valence-corrected chi connectivity index (χ1v) is 7.18. The Hall–Kier alpha value is -2.40. The lowest BCUT2D eigenvalue weighted by Crippen LogP contribution is -2.39. The molecular formula is C17H20N2O3. The Morgan fingerprint density at radius 3 is 2.32 bits per heavy atom. The van der Waals surface area contributed by atoms with E-state index in [1.54, 1.807) is 37.5 Å². The Kier molecular flexibility index (Phi) is 5.12. The molecule has 0 fully saturated rings. The number of rotatable bonds is 6. The first-order valence-electron chi connectivity index (χ1n) is 7.18. The summed E-state index contributed by atoms with van der Waals surface area (Å²) in [6.07, 6.45) is 1.61. The first-order chi connectivity index (χ1) is 10.5. The quantitative estimate of drug-likeness (QED) is 0.804. The van der Waals surface area contributed by atoms with E-state index < -0.39 is 0 Å². The summed E-state index contributed by atoms with van der Waals surface area (Å²) in [6, 6.07) is 10.1. The first kappa shape index (κ1) is 16.0. The van der Waals surface area contributed by atoms with Crippen molar-refractivity contribution in [3.05, 3.63) is 54.0 Å². The molecular weight excluding hydrogens is 280 g/mol. The van der Waals surface area contributed by atoms with Crippen LogP contribution in [0.25, 0.3) is 0 Å². The van der Waals surface area contributed by atoms with Gasteiger partial charge in [-0.15, -0.1) is 0 Å². The van der Waals surface area contributed by atoms with Gasteiger partial charge < -0.3 is 9.73 Å². The van der Waals surface area contributed by atoms with Gasteiger partial charge in [-0.05, 0) is 57.2 Å². The molecule has 0 aliphatic carbocycles. The molecule has 1 heterocycles. The molecule has 1 aromatic heterocycles. The highest BCUT2D eigenvalue weighted by Gasteiger charge is 2.17. The second-order valence-electron chi connectivity index (χ2n) is 5.25. The predicted molar refractivity (Wildman–Crippen MR) is 84.8 cm³/mol. The van der Waals surface area contributed by atoms with Crippen molar-refractivity contribution in [2.45, 2.75) is 32.9 Å². The van der Waals surface area contributed by atoms with Crippen LogP contribution >= 0.6 is 0 Å². The topological polar surface area (TPSA) is 71.3 Å². The number of anilines is 1. The number of benzene rings is 1.